The minimum atomic E-state index is 0.00926. The number of Topliss-reactive ketones (excluding diaryl/α,β-unsaturated/α-hetero) is 1. The highest BCUT2D eigenvalue weighted by Gasteiger charge is 2.02. The van der Waals surface area contributed by atoms with Crippen molar-refractivity contribution in [3.63, 3.8) is 0 Å². The Morgan fingerprint density at radius 2 is 2.43 bits per heavy atom. The minimum absolute atomic E-state index is 0.00926. The van der Waals surface area contributed by atoms with Crippen molar-refractivity contribution in [1.29, 1.82) is 0 Å². The smallest absolute Gasteiger partial charge is 0.185 e. The lowest BCUT2D eigenvalue weighted by Gasteiger charge is -1.96. The molecule has 0 aliphatic heterocycles. The van der Waals surface area contributed by atoms with E-state index in [9.17, 15) is 4.79 Å². The van der Waals surface area contributed by atoms with Gasteiger partial charge in [0.1, 0.15) is 6.54 Å². The number of nitrogens with zero attached hydrogens (tertiary/aromatic N) is 2. The van der Waals surface area contributed by atoms with Crippen LogP contribution < -0.4 is 0 Å². The van der Waals surface area contributed by atoms with E-state index in [1.165, 1.54) is 0 Å². The fourth-order valence-electron chi connectivity index (χ4n) is 0.965. The van der Waals surface area contributed by atoms with Gasteiger partial charge in [-0.2, -0.15) is 0 Å². The number of carbonyl (C=O) groups is 1. The first-order valence-corrected chi connectivity index (χ1v) is 4.63. The van der Waals surface area contributed by atoms with Crippen LogP contribution in [0.1, 0.15) is 24.2 Å². The summed E-state index contributed by atoms with van der Waals surface area (Å²) in [6.45, 7) is 4.26. The number of hydrogen-bond acceptors (Lipinski definition) is 3. The first kappa shape index (κ1) is 10.6. The van der Waals surface area contributed by atoms with Crippen LogP contribution >= 0.6 is 0 Å². The van der Waals surface area contributed by atoms with Crippen LogP contribution in [0.15, 0.2) is 29.5 Å². The van der Waals surface area contributed by atoms with Crippen molar-refractivity contribution in [1.82, 2.24) is 4.98 Å². The van der Waals surface area contributed by atoms with Gasteiger partial charge in [-0.15, -0.1) is 0 Å². The first-order valence-electron chi connectivity index (χ1n) is 4.63. The number of hydrogen-bond donors (Lipinski definition) is 0. The third-order valence-corrected chi connectivity index (χ3v) is 1.62. The summed E-state index contributed by atoms with van der Waals surface area (Å²) in [4.78, 5) is 19.4. The van der Waals surface area contributed by atoms with Gasteiger partial charge in [-0.3, -0.25) is 14.8 Å². The van der Waals surface area contributed by atoms with Crippen LogP contribution in [0.25, 0.3) is 0 Å². The molecule has 14 heavy (non-hydrogen) atoms. The number of aliphatic imine (C=N–C) groups is 1. The van der Waals surface area contributed by atoms with Crippen molar-refractivity contribution in [2.75, 3.05) is 6.54 Å². The summed E-state index contributed by atoms with van der Waals surface area (Å²) in [5, 5.41) is 0. The lowest BCUT2D eigenvalue weighted by molar-refractivity contribution is 0.100. The molecule has 0 N–H and O–H groups in total. The maximum absolute atomic E-state index is 11.5. The second kappa shape index (κ2) is 5.27. The van der Waals surface area contributed by atoms with Gasteiger partial charge in [0.2, 0.25) is 0 Å². The summed E-state index contributed by atoms with van der Waals surface area (Å²) >= 11 is 0. The van der Waals surface area contributed by atoms with E-state index < -0.39 is 0 Å². The second-order valence-corrected chi connectivity index (χ2v) is 3.40. The molecule has 0 spiro atoms. The lowest BCUT2D eigenvalue weighted by atomic mass is 10.2. The fourth-order valence-corrected chi connectivity index (χ4v) is 0.965. The highest BCUT2D eigenvalue weighted by atomic mass is 16.1. The fraction of sp³-hybridized carbons (Fsp3) is 0.364. The quantitative estimate of drug-likeness (QED) is 0.538. The predicted octanol–water partition coefficient (Wildman–Crippen LogP) is 1.99. The predicted molar refractivity (Wildman–Crippen MR) is 56.8 cm³/mol. The molecule has 1 aromatic rings. The molecule has 0 aromatic carbocycles. The van der Waals surface area contributed by atoms with Crippen LogP contribution in [0.3, 0.4) is 0 Å². The third-order valence-electron chi connectivity index (χ3n) is 1.62. The van der Waals surface area contributed by atoms with Gasteiger partial charge < -0.3 is 0 Å². The van der Waals surface area contributed by atoms with Crippen LogP contribution in [-0.2, 0) is 0 Å². The van der Waals surface area contributed by atoms with Gasteiger partial charge in [0.05, 0.1) is 0 Å². The summed E-state index contributed by atoms with van der Waals surface area (Å²) in [6, 6.07) is 3.50. The number of carbonyl (C=O) groups excluding carboxylic acids is 1. The molecule has 3 heteroatoms. The molecule has 0 bridgehead atoms. The lowest BCUT2D eigenvalue weighted by Crippen LogP contribution is -2.04. The average Bonchev–Trinajstić information content (AvgIpc) is 2.18. The first-order chi connectivity index (χ1) is 6.70. The number of rotatable bonds is 4. The summed E-state index contributed by atoms with van der Waals surface area (Å²) in [6.07, 6.45) is 5.00. The van der Waals surface area contributed by atoms with E-state index in [0.717, 1.165) is 0 Å². The van der Waals surface area contributed by atoms with Gasteiger partial charge in [-0.05, 0) is 18.1 Å². The molecule has 1 rings (SSSR count). The molecule has 0 aliphatic carbocycles. The molecule has 1 aromatic heterocycles. The molecule has 0 fully saturated rings. The van der Waals surface area contributed by atoms with E-state index in [1.54, 1.807) is 30.7 Å². The topological polar surface area (TPSA) is 42.3 Å². The van der Waals surface area contributed by atoms with E-state index in [0.29, 0.717) is 11.5 Å². The van der Waals surface area contributed by atoms with Crippen LogP contribution in [0, 0.1) is 5.92 Å². The van der Waals surface area contributed by atoms with Crippen LogP contribution in [0.4, 0.5) is 0 Å². The molecular weight excluding hydrogens is 176 g/mol. The van der Waals surface area contributed by atoms with Crippen LogP contribution in [0.5, 0.6) is 0 Å². The van der Waals surface area contributed by atoms with Crippen molar-refractivity contribution >= 4 is 12.0 Å². The second-order valence-electron chi connectivity index (χ2n) is 3.40. The van der Waals surface area contributed by atoms with Crippen molar-refractivity contribution in [2.24, 2.45) is 10.9 Å². The van der Waals surface area contributed by atoms with Crippen LogP contribution in [-0.4, -0.2) is 23.5 Å². The molecule has 0 radical (unpaired) electrons. The van der Waals surface area contributed by atoms with E-state index in [1.807, 2.05) is 13.8 Å². The molecule has 74 valence electrons. The Morgan fingerprint density at radius 3 is 3.00 bits per heavy atom. The molecule has 0 saturated heterocycles. The van der Waals surface area contributed by atoms with Gasteiger partial charge in [0.15, 0.2) is 5.78 Å². The molecule has 0 unspecified atom stereocenters. The maximum atomic E-state index is 11.5. The van der Waals surface area contributed by atoms with Gasteiger partial charge >= 0.3 is 0 Å². The van der Waals surface area contributed by atoms with Gasteiger partial charge in [0, 0.05) is 24.2 Å². The van der Waals surface area contributed by atoms with E-state index in [4.69, 9.17) is 0 Å². The Labute approximate surface area is 83.9 Å². The third kappa shape index (κ3) is 3.47. The highest BCUT2D eigenvalue weighted by Crippen LogP contribution is 1.97. The van der Waals surface area contributed by atoms with Crippen LogP contribution in [0.2, 0.25) is 0 Å². The zero-order chi connectivity index (χ0) is 10.4. The molecule has 1 heterocycles. The molecule has 0 saturated carbocycles. The Hall–Kier alpha value is -1.51. The van der Waals surface area contributed by atoms with Gasteiger partial charge in [0.25, 0.3) is 0 Å². The summed E-state index contributed by atoms with van der Waals surface area (Å²) in [7, 11) is 0. The van der Waals surface area contributed by atoms with E-state index >= 15 is 0 Å². The van der Waals surface area contributed by atoms with E-state index in [2.05, 4.69) is 9.98 Å². The zero-order valence-corrected chi connectivity index (χ0v) is 8.47. The SMILES string of the molecule is CC(C)C=NCC(=O)c1cccnc1. The standard InChI is InChI=1S/C11H14N2O/c1-9(2)6-13-8-11(14)10-4-3-5-12-7-10/h3-7,9H,8H2,1-2H3. The van der Waals surface area contributed by atoms with Gasteiger partial charge in [-0.25, -0.2) is 0 Å². The van der Waals surface area contributed by atoms with Crippen molar-refractivity contribution in [3.8, 4) is 0 Å². The van der Waals surface area contributed by atoms with Crippen molar-refractivity contribution in [2.45, 2.75) is 13.8 Å². The van der Waals surface area contributed by atoms with Gasteiger partial charge in [-0.1, -0.05) is 13.8 Å². The number of pyridine rings is 1. The highest BCUT2D eigenvalue weighted by molar-refractivity contribution is 5.97. The van der Waals surface area contributed by atoms with E-state index in [-0.39, 0.29) is 12.3 Å². The molecule has 0 atom stereocenters. The molecule has 0 amide bonds. The Bertz CT molecular complexity index is 317. The Balaban J connectivity index is 2.52. The maximum Gasteiger partial charge on any atom is 0.185 e. The monoisotopic (exact) mass is 190 g/mol. The molecule has 0 aliphatic rings. The Kier molecular flexibility index (Phi) is 3.98. The number of ketones is 1. The average molecular weight is 190 g/mol. The van der Waals surface area contributed by atoms with Crippen molar-refractivity contribution in [3.05, 3.63) is 30.1 Å². The summed E-state index contributed by atoms with van der Waals surface area (Å²) in [5.74, 6) is 0.395. The normalized spacial score (nSPS) is 11.1. The minimum Gasteiger partial charge on any atom is -0.292 e. The largest absolute Gasteiger partial charge is 0.292 e. The summed E-state index contributed by atoms with van der Waals surface area (Å²) < 4.78 is 0. The zero-order valence-electron chi connectivity index (χ0n) is 8.47. The number of aromatic nitrogens is 1. The molecule has 3 nitrogen and oxygen atoms in total. The molecular formula is C11H14N2O. The summed E-state index contributed by atoms with van der Waals surface area (Å²) in [5.41, 5.74) is 0.619. The van der Waals surface area contributed by atoms with Crippen molar-refractivity contribution < 1.29 is 4.79 Å². The Morgan fingerprint density at radius 1 is 1.64 bits per heavy atom.